The number of hydrazine groups is 1. The lowest BCUT2D eigenvalue weighted by Gasteiger charge is -2.34. The molecular formula is C51H47N3. The average Bonchev–Trinajstić information content (AvgIpc) is 3.78. The Morgan fingerprint density at radius 3 is 2.26 bits per heavy atom. The van der Waals surface area contributed by atoms with Crippen LogP contribution in [0.4, 0.5) is 5.69 Å². The zero-order chi connectivity index (χ0) is 36.2. The Bertz CT molecular complexity index is 2520. The molecule has 6 aliphatic rings. The fraction of sp³-hybridized carbons (Fsp3) is 0.235. The molecule has 5 aliphatic carbocycles. The molecule has 3 nitrogen and oxygen atoms in total. The zero-order valence-corrected chi connectivity index (χ0v) is 31.4. The summed E-state index contributed by atoms with van der Waals surface area (Å²) >= 11 is 0. The van der Waals surface area contributed by atoms with Gasteiger partial charge in [0.25, 0.3) is 0 Å². The number of hydrogen-bond donors (Lipinski definition) is 1. The molecule has 0 spiro atoms. The van der Waals surface area contributed by atoms with E-state index in [4.69, 9.17) is 4.99 Å². The van der Waals surface area contributed by atoms with Crippen molar-refractivity contribution in [3.05, 3.63) is 188 Å². The van der Waals surface area contributed by atoms with Gasteiger partial charge in [0, 0.05) is 16.9 Å². The van der Waals surface area contributed by atoms with Gasteiger partial charge in [-0.1, -0.05) is 153 Å². The number of nitrogens with zero attached hydrogens (tertiary/aromatic N) is 2. The minimum absolute atomic E-state index is 0.000743. The summed E-state index contributed by atoms with van der Waals surface area (Å²) in [5, 5.41) is 5.07. The second-order valence-electron chi connectivity index (χ2n) is 16.1. The van der Waals surface area contributed by atoms with Gasteiger partial charge >= 0.3 is 0 Å². The molecule has 0 fully saturated rings. The molecular weight excluding hydrogens is 655 g/mol. The second kappa shape index (κ2) is 13.3. The van der Waals surface area contributed by atoms with Gasteiger partial charge in [-0.3, -0.25) is 10.4 Å². The van der Waals surface area contributed by atoms with Crippen LogP contribution in [0.5, 0.6) is 0 Å². The van der Waals surface area contributed by atoms with E-state index in [0.717, 1.165) is 56.3 Å². The lowest BCUT2D eigenvalue weighted by molar-refractivity contribution is 0.589. The normalized spacial score (nSPS) is 22.1. The molecule has 1 N–H and O–H groups in total. The maximum absolute atomic E-state index is 5.54. The lowest BCUT2D eigenvalue weighted by atomic mass is 9.74. The topological polar surface area (TPSA) is 27.6 Å². The Labute approximate surface area is 319 Å². The molecule has 54 heavy (non-hydrogen) atoms. The SMILES string of the molecule is CC1(C)C2=C(C=CC(c3cc4c(cc3N3NC(c5ccc(C6=CCCC=C6)cc5)=NC3C3=CC=C(c5ccccc5)CC3)=CCCC=4)C2)c2ccccc21. The number of rotatable bonds is 6. The van der Waals surface area contributed by atoms with Gasteiger partial charge in [-0.15, -0.1) is 0 Å². The minimum atomic E-state index is -0.156. The summed E-state index contributed by atoms with van der Waals surface area (Å²) < 4.78 is 0. The first-order chi connectivity index (χ1) is 26.5. The van der Waals surface area contributed by atoms with Crippen LogP contribution >= 0.6 is 0 Å². The van der Waals surface area contributed by atoms with Crippen molar-refractivity contribution in [2.75, 3.05) is 5.01 Å². The predicted molar refractivity (Wildman–Crippen MR) is 227 cm³/mol. The number of anilines is 1. The van der Waals surface area contributed by atoms with Crippen molar-refractivity contribution in [2.24, 2.45) is 4.99 Å². The summed E-state index contributed by atoms with van der Waals surface area (Å²) in [5.74, 6) is 1.18. The van der Waals surface area contributed by atoms with Gasteiger partial charge in [0.15, 0.2) is 6.17 Å². The zero-order valence-electron chi connectivity index (χ0n) is 31.4. The van der Waals surface area contributed by atoms with Crippen LogP contribution in [-0.2, 0) is 5.41 Å². The van der Waals surface area contributed by atoms with Crippen molar-refractivity contribution in [1.82, 2.24) is 5.43 Å². The number of allylic oxidation sites excluding steroid dienone is 11. The first-order valence-electron chi connectivity index (χ1n) is 19.9. The molecule has 1 aliphatic heterocycles. The third-order valence-electron chi connectivity index (χ3n) is 12.5. The van der Waals surface area contributed by atoms with Gasteiger partial charge in [-0.05, 0) is 118 Å². The fourth-order valence-electron chi connectivity index (χ4n) is 9.54. The smallest absolute Gasteiger partial charge is 0.164 e. The van der Waals surface area contributed by atoms with E-state index in [1.807, 2.05) is 0 Å². The molecule has 3 heteroatoms. The molecule has 4 aromatic rings. The number of hydrogen-bond acceptors (Lipinski definition) is 3. The largest absolute Gasteiger partial charge is 0.279 e. The van der Waals surface area contributed by atoms with Crippen molar-refractivity contribution < 1.29 is 0 Å². The van der Waals surface area contributed by atoms with E-state index in [1.54, 1.807) is 5.57 Å². The van der Waals surface area contributed by atoms with Gasteiger partial charge in [-0.2, -0.15) is 0 Å². The van der Waals surface area contributed by atoms with Crippen LogP contribution in [0.1, 0.15) is 98.1 Å². The Morgan fingerprint density at radius 2 is 1.48 bits per heavy atom. The van der Waals surface area contributed by atoms with Gasteiger partial charge in [0.1, 0.15) is 5.84 Å². The molecule has 0 aromatic heterocycles. The van der Waals surface area contributed by atoms with Crippen LogP contribution in [0.3, 0.4) is 0 Å². The monoisotopic (exact) mass is 701 g/mol. The van der Waals surface area contributed by atoms with Crippen molar-refractivity contribution in [3.8, 4) is 0 Å². The highest BCUT2D eigenvalue weighted by Gasteiger charge is 2.40. The summed E-state index contributed by atoms with van der Waals surface area (Å²) in [6.07, 6.45) is 28.5. The van der Waals surface area contributed by atoms with E-state index in [-0.39, 0.29) is 17.5 Å². The predicted octanol–water partition coefficient (Wildman–Crippen LogP) is 10.5. The van der Waals surface area contributed by atoms with Crippen molar-refractivity contribution in [1.29, 1.82) is 0 Å². The second-order valence-corrected chi connectivity index (χ2v) is 16.1. The first-order valence-corrected chi connectivity index (χ1v) is 19.9. The summed E-state index contributed by atoms with van der Waals surface area (Å²) in [5.41, 5.74) is 20.0. The van der Waals surface area contributed by atoms with E-state index < -0.39 is 0 Å². The molecule has 10 rings (SSSR count). The number of aliphatic imine (C=N–C) groups is 1. The average molecular weight is 702 g/mol. The van der Waals surface area contributed by atoms with E-state index in [2.05, 4.69) is 170 Å². The highest BCUT2D eigenvalue weighted by molar-refractivity contribution is 6.02. The number of benzene rings is 4. The van der Waals surface area contributed by atoms with Crippen LogP contribution in [0, 0.1) is 0 Å². The van der Waals surface area contributed by atoms with Gasteiger partial charge in [0.2, 0.25) is 0 Å². The van der Waals surface area contributed by atoms with Crippen LogP contribution < -0.4 is 20.9 Å². The maximum atomic E-state index is 5.54. The third-order valence-corrected chi connectivity index (χ3v) is 12.5. The van der Waals surface area contributed by atoms with Gasteiger partial charge in [-0.25, -0.2) is 4.99 Å². The standard InChI is InChI=1S/C51H47N3/c1-51(2)46-20-12-11-19-43(46)44-30-29-42(32-47(44)51)45-31-40-17-9-10-18-41(40)33-48(45)54-50(39-27-23-37(24-28-39)35-15-7-4-8-16-35)52-49(53-54)38-25-21-36(22-26-38)34-13-5-3-6-14-34/h4-5,7-8,11-23,25-27,29-31,33,42,50H,3,6,9-10,24,28,32H2,1-2H3,(H,52,53). The van der Waals surface area contributed by atoms with Crippen LogP contribution in [0.15, 0.2) is 150 Å². The summed E-state index contributed by atoms with van der Waals surface area (Å²) in [7, 11) is 0. The molecule has 0 radical (unpaired) electrons. The van der Waals surface area contributed by atoms with Crippen molar-refractivity contribution >= 4 is 40.4 Å². The molecule has 0 amide bonds. The Morgan fingerprint density at radius 1 is 0.722 bits per heavy atom. The van der Waals surface area contributed by atoms with Crippen molar-refractivity contribution in [3.63, 3.8) is 0 Å². The molecule has 0 bridgehead atoms. The quantitative estimate of drug-likeness (QED) is 0.217. The number of amidine groups is 1. The number of nitrogens with one attached hydrogen (secondary N) is 1. The summed E-state index contributed by atoms with van der Waals surface area (Å²) in [6, 6.07) is 33.8. The van der Waals surface area contributed by atoms with Crippen LogP contribution in [-0.4, -0.2) is 12.0 Å². The molecule has 266 valence electrons. The van der Waals surface area contributed by atoms with E-state index in [9.17, 15) is 0 Å². The van der Waals surface area contributed by atoms with Crippen LogP contribution in [0.25, 0.3) is 28.9 Å². The number of fused-ring (bicyclic) bond motifs is 3. The van der Waals surface area contributed by atoms with Crippen molar-refractivity contribution in [2.45, 2.75) is 76.3 Å². The van der Waals surface area contributed by atoms with Crippen LogP contribution in [0.2, 0.25) is 0 Å². The molecule has 2 atom stereocenters. The summed E-state index contributed by atoms with van der Waals surface area (Å²) in [4.78, 5) is 5.54. The fourth-order valence-corrected chi connectivity index (χ4v) is 9.54. The molecule has 0 saturated carbocycles. The molecule has 2 unspecified atom stereocenters. The molecule has 4 aromatic carbocycles. The molecule has 1 heterocycles. The highest BCUT2D eigenvalue weighted by Crippen LogP contribution is 2.53. The third kappa shape index (κ3) is 5.69. The Balaban J connectivity index is 1.06. The van der Waals surface area contributed by atoms with E-state index in [1.165, 1.54) is 66.2 Å². The van der Waals surface area contributed by atoms with Gasteiger partial charge < -0.3 is 0 Å². The summed E-state index contributed by atoms with van der Waals surface area (Å²) in [6.45, 7) is 4.83. The van der Waals surface area contributed by atoms with E-state index in [0.29, 0.717) is 0 Å². The highest BCUT2D eigenvalue weighted by atomic mass is 15.6. The molecule has 0 saturated heterocycles. The maximum Gasteiger partial charge on any atom is 0.164 e. The Kier molecular flexibility index (Phi) is 8.13. The lowest BCUT2D eigenvalue weighted by Crippen LogP contribution is -2.44. The minimum Gasteiger partial charge on any atom is -0.279 e. The Hall–Kier alpha value is -5.67. The van der Waals surface area contributed by atoms with Gasteiger partial charge in [0.05, 0.1) is 5.69 Å². The first kappa shape index (κ1) is 32.9. The van der Waals surface area contributed by atoms with E-state index >= 15 is 0 Å².